The van der Waals surface area contributed by atoms with Gasteiger partial charge in [0.2, 0.25) is 0 Å². The Morgan fingerprint density at radius 2 is 1.81 bits per heavy atom. The summed E-state index contributed by atoms with van der Waals surface area (Å²) in [6.07, 6.45) is 6.31. The van der Waals surface area contributed by atoms with Crippen LogP contribution >= 0.6 is 0 Å². The average Bonchev–Trinajstić information content (AvgIpc) is 3.37. The molecule has 0 saturated carbocycles. The number of rotatable bonds is 5. The third kappa shape index (κ3) is 4.07. The van der Waals surface area contributed by atoms with E-state index >= 15 is 0 Å². The zero-order valence-corrected chi connectivity index (χ0v) is 15.1. The molecule has 6 heteroatoms. The van der Waals surface area contributed by atoms with E-state index in [9.17, 15) is 4.79 Å². The van der Waals surface area contributed by atoms with Gasteiger partial charge in [0.1, 0.15) is 11.9 Å². The van der Waals surface area contributed by atoms with Gasteiger partial charge in [-0.15, -0.1) is 0 Å². The smallest absolute Gasteiger partial charge is 0.253 e. The highest BCUT2D eigenvalue weighted by atomic mass is 16.5. The summed E-state index contributed by atoms with van der Waals surface area (Å²) in [6, 6.07) is 9.67. The fourth-order valence-electron chi connectivity index (χ4n) is 3.77. The first-order valence-corrected chi connectivity index (χ1v) is 9.54. The van der Waals surface area contributed by atoms with Crippen LogP contribution < -0.4 is 4.74 Å². The maximum Gasteiger partial charge on any atom is 0.253 e. The van der Waals surface area contributed by atoms with E-state index in [2.05, 4.69) is 15.1 Å². The third-order valence-electron chi connectivity index (χ3n) is 5.28. The van der Waals surface area contributed by atoms with Gasteiger partial charge in [-0.05, 0) is 56.0 Å². The largest absolute Gasteiger partial charge is 0.490 e. The lowest BCUT2D eigenvalue weighted by Crippen LogP contribution is -2.37. The predicted octanol–water partition coefficient (Wildman–Crippen LogP) is 2.69. The van der Waals surface area contributed by atoms with Crippen LogP contribution in [0.3, 0.4) is 0 Å². The van der Waals surface area contributed by atoms with Crippen molar-refractivity contribution in [3.8, 4) is 5.75 Å². The normalized spacial score (nSPS) is 19.0. The number of aromatic nitrogens is 2. The van der Waals surface area contributed by atoms with Gasteiger partial charge in [-0.1, -0.05) is 0 Å². The quantitative estimate of drug-likeness (QED) is 0.897. The number of carbonyl (C=O) groups excluding carboxylic acids is 1. The number of hydrogen-bond acceptors (Lipinski definition) is 4. The molecule has 1 amide bonds. The highest BCUT2D eigenvalue weighted by Gasteiger charge is 2.22. The summed E-state index contributed by atoms with van der Waals surface area (Å²) < 4.78 is 6.13. The average molecular weight is 354 g/mol. The Kier molecular flexibility index (Phi) is 5.20. The second-order valence-electron chi connectivity index (χ2n) is 7.20. The van der Waals surface area contributed by atoms with Crippen molar-refractivity contribution in [2.75, 3.05) is 26.2 Å². The maximum atomic E-state index is 12.4. The molecule has 3 heterocycles. The summed E-state index contributed by atoms with van der Waals surface area (Å²) in [4.78, 5) is 16.7. The molecule has 6 nitrogen and oxygen atoms in total. The standard InChI is InChI=1S/C20H26N4O2/c25-20(24-11-1-2-12-24)16-3-5-18(6-4-16)26-19-8-13-23(14-9-19)15-17-7-10-21-22-17/h3-7,10,19H,1-2,8-9,11-15H2,(H,21,22). The summed E-state index contributed by atoms with van der Waals surface area (Å²) in [5, 5.41) is 7.02. The fourth-order valence-corrected chi connectivity index (χ4v) is 3.77. The van der Waals surface area contributed by atoms with Crippen molar-refractivity contribution >= 4 is 5.91 Å². The Bertz CT molecular complexity index is 700. The molecule has 2 aromatic rings. The van der Waals surface area contributed by atoms with Crippen molar-refractivity contribution < 1.29 is 9.53 Å². The number of benzene rings is 1. The molecule has 2 aliphatic rings. The van der Waals surface area contributed by atoms with Crippen LogP contribution in [0.5, 0.6) is 5.75 Å². The van der Waals surface area contributed by atoms with Crippen LogP contribution in [0.1, 0.15) is 41.7 Å². The van der Waals surface area contributed by atoms with Crippen LogP contribution in [0, 0.1) is 0 Å². The van der Waals surface area contributed by atoms with Crippen LogP contribution in [0.4, 0.5) is 0 Å². The van der Waals surface area contributed by atoms with E-state index in [4.69, 9.17) is 4.74 Å². The lowest BCUT2D eigenvalue weighted by atomic mass is 10.1. The number of likely N-dealkylation sites (tertiary alicyclic amines) is 2. The minimum Gasteiger partial charge on any atom is -0.490 e. The van der Waals surface area contributed by atoms with Crippen LogP contribution in [0.2, 0.25) is 0 Å². The van der Waals surface area contributed by atoms with Gasteiger partial charge in [0.25, 0.3) is 5.91 Å². The van der Waals surface area contributed by atoms with Gasteiger partial charge < -0.3 is 9.64 Å². The number of H-pyrrole nitrogens is 1. The monoisotopic (exact) mass is 354 g/mol. The summed E-state index contributed by atoms with van der Waals surface area (Å²) in [5.74, 6) is 0.996. The Morgan fingerprint density at radius 1 is 1.08 bits per heavy atom. The SMILES string of the molecule is O=C(c1ccc(OC2CCN(Cc3ccn[nH]3)CC2)cc1)N1CCCC1. The summed E-state index contributed by atoms with van der Waals surface area (Å²) in [5.41, 5.74) is 1.91. The first-order valence-electron chi connectivity index (χ1n) is 9.54. The molecule has 1 aromatic heterocycles. The topological polar surface area (TPSA) is 61.5 Å². The van der Waals surface area contributed by atoms with Gasteiger partial charge in [-0.25, -0.2) is 0 Å². The van der Waals surface area contributed by atoms with E-state index < -0.39 is 0 Å². The maximum absolute atomic E-state index is 12.4. The third-order valence-corrected chi connectivity index (χ3v) is 5.28. The van der Waals surface area contributed by atoms with E-state index in [1.165, 1.54) is 0 Å². The zero-order chi connectivity index (χ0) is 17.8. The summed E-state index contributed by atoms with van der Waals surface area (Å²) in [7, 11) is 0. The van der Waals surface area contributed by atoms with E-state index in [0.717, 1.165) is 75.4 Å². The van der Waals surface area contributed by atoms with Crippen molar-refractivity contribution in [1.82, 2.24) is 20.0 Å². The molecular formula is C20H26N4O2. The van der Waals surface area contributed by atoms with E-state index in [0.29, 0.717) is 0 Å². The molecule has 2 saturated heterocycles. The molecule has 0 atom stereocenters. The highest BCUT2D eigenvalue weighted by molar-refractivity contribution is 5.94. The van der Waals surface area contributed by atoms with Crippen molar-refractivity contribution in [1.29, 1.82) is 0 Å². The van der Waals surface area contributed by atoms with Gasteiger partial charge in [0.05, 0.1) is 0 Å². The zero-order valence-electron chi connectivity index (χ0n) is 15.1. The summed E-state index contributed by atoms with van der Waals surface area (Å²) in [6.45, 7) is 4.73. The van der Waals surface area contributed by atoms with Crippen molar-refractivity contribution in [2.45, 2.75) is 38.3 Å². The number of aromatic amines is 1. The van der Waals surface area contributed by atoms with Crippen LogP contribution in [-0.4, -0.2) is 58.2 Å². The second kappa shape index (κ2) is 7.91. The molecule has 0 aliphatic carbocycles. The predicted molar refractivity (Wildman–Crippen MR) is 99.1 cm³/mol. The Morgan fingerprint density at radius 3 is 2.46 bits per heavy atom. The Hall–Kier alpha value is -2.34. The molecule has 2 aliphatic heterocycles. The van der Waals surface area contributed by atoms with E-state index in [1.807, 2.05) is 35.2 Å². The first-order chi connectivity index (χ1) is 12.8. The van der Waals surface area contributed by atoms with Gasteiger partial charge in [-0.3, -0.25) is 14.8 Å². The van der Waals surface area contributed by atoms with Crippen molar-refractivity contribution in [3.05, 3.63) is 47.8 Å². The molecule has 0 radical (unpaired) electrons. The van der Waals surface area contributed by atoms with Gasteiger partial charge in [-0.2, -0.15) is 5.10 Å². The lowest BCUT2D eigenvalue weighted by molar-refractivity contribution is 0.0792. The van der Waals surface area contributed by atoms with E-state index in [-0.39, 0.29) is 12.0 Å². The number of hydrogen-bond donors (Lipinski definition) is 1. The van der Waals surface area contributed by atoms with Gasteiger partial charge >= 0.3 is 0 Å². The molecule has 138 valence electrons. The molecular weight excluding hydrogens is 328 g/mol. The van der Waals surface area contributed by atoms with Gasteiger partial charge in [0.15, 0.2) is 0 Å². The number of carbonyl (C=O) groups is 1. The fraction of sp³-hybridized carbons (Fsp3) is 0.500. The Labute approximate surface area is 154 Å². The number of piperidine rings is 1. The van der Waals surface area contributed by atoms with Crippen molar-refractivity contribution in [2.24, 2.45) is 0 Å². The Balaban J connectivity index is 1.26. The number of ether oxygens (including phenoxy) is 1. The lowest BCUT2D eigenvalue weighted by Gasteiger charge is -2.31. The second-order valence-corrected chi connectivity index (χ2v) is 7.20. The molecule has 4 rings (SSSR count). The van der Waals surface area contributed by atoms with Crippen LogP contribution in [-0.2, 0) is 6.54 Å². The molecule has 0 unspecified atom stereocenters. The molecule has 2 fully saturated rings. The highest BCUT2D eigenvalue weighted by Crippen LogP contribution is 2.21. The minimum absolute atomic E-state index is 0.140. The van der Waals surface area contributed by atoms with Crippen molar-refractivity contribution in [3.63, 3.8) is 0 Å². The first kappa shape index (κ1) is 17.1. The molecule has 1 aromatic carbocycles. The molecule has 0 bridgehead atoms. The molecule has 1 N–H and O–H groups in total. The van der Waals surface area contributed by atoms with Crippen LogP contribution in [0.15, 0.2) is 36.5 Å². The number of nitrogens with one attached hydrogen (secondary N) is 1. The van der Waals surface area contributed by atoms with Crippen LogP contribution in [0.25, 0.3) is 0 Å². The molecule has 26 heavy (non-hydrogen) atoms. The number of nitrogens with zero attached hydrogens (tertiary/aromatic N) is 3. The molecule has 0 spiro atoms. The number of amides is 1. The minimum atomic E-state index is 0.140. The van der Waals surface area contributed by atoms with E-state index in [1.54, 1.807) is 6.20 Å². The summed E-state index contributed by atoms with van der Waals surface area (Å²) >= 11 is 0. The van der Waals surface area contributed by atoms with Gasteiger partial charge in [0, 0.05) is 50.2 Å².